The molecule has 1 amide bonds. The highest BCUT2D eigenvalue weighted by Crippen LogP contribution is 2.29. The summed E-state index contributed by atoms with van der Waals surface area (Å²) in [6.45, 7) is 5.82. The zero-order chi connectivity index (χ0) is 16.5. The Kier molecular flexibility index (Phi) is 4.26. The van der Waals surface area contributed by atoms with Crippen LogP contribution in [0.2, 0.25) is 0 Å². The minimum absolute atomic E-state index is 0.198. The molecule has 4 rings (SSSR count). The average Bonchev–Trinajstić information content (AvgIpc) is 3.44. The third-order valence-corrected chi connectivity index (χ3v) is 5.10. The zero-order valence-electron chi connectivity index (χ0n) is 14.3. The quantitative estimate of drug-likeness (QED) is 0.827. The minimum atomic E-state index is -0.198. The summed E-state index contributed by atoms with van der Waals surface area (Å²) in [6, 6.07) is 0. The maximum atomic E-state index is 12.1. The Labute approximate surface area is 142 Å². The van der Waals surface area contributed by atoms with Gasteiger partial charge in [0.1, 0.15) is 0 Å². The topological polar surface area (TPSA) is 61.8 Å². The summed E-state index contributed by atoms with van der Waals surface area (Å²) in [6.07, 6.45) is 4.85. The first-order chi connectivity index (χ1) is 11.7. The van der Waals surface area contributed by atoms with Gasteiger partial charge < -0.3 is 19.4 Å². The molecule has 7 heteroatoms. The lowest BCUT2D eigenvalue weighted by atomic mass is 10.1. The van der Waals surface area contributed by atoms with Crippen LogP contribution in [-0.4, -0.2) is 72.2 Å². The van der Waals surface area contributed by atoms with E-state index < -0.39 is 0 Å². The van der Waals surface area contributed by atoms with Crippen molar-refractivity contribution < 1.29 is 9.53 Å². The Balaban J connectivity index is 1.38. The molecule has 24 heavy (non-hydrogen) atoms. The number of amides is 1. The van der Waals surface area contributed by atoms with E-state index in [1.807, 2.05) is 6.20 Å². The van der Waals surface area contributed by atoms with Crippen molar-refractivity contribution in [2.45, 2.75) is 25.8 Å². The molecule has 0 spiro atoms. The highest BCUT2D eigenvalue weighted by Gasteiger charge is 2.27. The number of fused-ring (bicyclic) bond motifs is 1. The first-order valence-electron chi connectivity index (χ1n) is 8.89. The van der Waals surface area contributed by atoms with Gasteiger partial charge in [0.2, 0.25) is 5.95 Å². The van der Waals surface area contributed by atoms with Gasteiger partial charge in [-0.15, -0.1) is 0 Å². The first kappa shape index (κ1) is 15.6. The van der Waals surface area contributed by atoms with Crippen molar-refractivity contribution in [3.05, 3.63) is 17.5 Å². The van der Waals surface area contributed by atoms with Crippen molar-refractivity contribution in [1.82, 2.24) is 19.8 Å². The molecule has 1 aromatic rings. The molecule has 3 aliphatic rings. The van der Waals surface area contributed by atoms with Crippen molar-refractivity contribution >= 4 is 12.0 Å². The highest BCUT2D eigenvalue weighted by atomic mass is 16.6. The Hall–Kier alpha value is -1.89. The molecule has 1 saturated carbocycles. The summed E-state index contributed by atoms with van der Waals surface area (Å²) in [4.78, 5) is 27.8. The van der Waals surface area contributed by atoms with Crippen molar-refractivity contribution in [3.63, 3.8) is 0 Å². The standard InChI is InChI=1S/C17H25N5O2/c1-20-6-8-21(9-7-20)16-18-10-14-11-22(5-4-15(14)19-16)17(23)24-12-13-2-3-13/h10,13H,2-9,11-12H2,1H3. The van der Waals surface area contributed by atoms with Gasteiger partial charge in [-0.2, -0.15) is 0 Å². The number of anilines is 1. The van der Waals surface area contributed by atoms with Crippen LogP contribution in [0.5, 0.6) is 0 Å². The van der Waals surface area contributed by atoms with Crippen LogP contribution < -0.4 is 4.90 Å². The van der Waals surface area contributed by atoms with Crippen LogP contribution in [0, 0.1) is 5.92 Å². The molecule has 2 fully saturated rings. The van der Waals surface area contributed by atoms with Crippen LogP contribution in [0.1, 0.15) is 24.1 Å². The number of carbonyl (C=O) groups is 1. The third kappa shape index (κ3) is 3.45. The molecule has 0 aromatic carbocycles. The highest BCUT2D eigenvalue weighted by molar-refractivity contribution is 5.68. The SMILES string of the molecule is CN1CCN(c2ncc3c(n2)CCN(C(=O)OCC2CC2)C3)CC1. The molecule has 0 atom stereocenters. The van der Waals surface area contributed by atoms with Gasteiger partial charge in [0.25, 0.3) is 0 Å². The molecule has 1 aromatic heterocycles. The second-order valence-electron chi connectivity index (χ2n) is 7.12. The molecule has 0 N–H and O–H groups in total. The fraction of sp³-hybridized carbons (Fsp3) is 0.706. The number of nitrogens with zero attached hydrogens (tertiary/aromatic N) is 5. The van der Waals surface area contributed by atoms with Crippen molar-refractivity contribution in [2.75, 3.05) is 51.3 Å². The lowest BCUT2D eigenvalue weighted by Crippen LogP contribution is -2.45. The molecule has 1 saturated heterocycles. The van der Waals surface area contributed by atoms with E-state index >= 15 is 0 Å². The van der Waals surface area contributed by atoms with Crippen LogP contribution in [-0.2, 0) is 17.7 Å². The number of piperazine rings is 1. The van der Waals surface area contributed by atoms with E-state index in [4.69, 9.17) is 9.72 Å². The third-order valence-electron chi connectivity index (χ3n) is 5.10. The van der Waals surface area contributed by atoms with E-state index in [1.54, 1.807) is 4.90 Å². The number of aromatic nitrogens is 2. The Morgan fingerprint density at radius 2 is 2.04 bits per heavy atom. The number of ether oxygens (including phenoxy) is 1. The van der Waals surface area contributed by atoms with E-state index in [2.05, 4.69) is 21.8 Å². The zero-order valence-corrected chi connectivity index (χ0v) is 14.3. The van der Waals surface area contributed by atoms with Crippen LogP contribution in [0.25, 0.3) is 0 Å². The molecule has 3 heterocycles. The van der Waals surface area contributed by atoms with Crippen molar-refractivity contribution in [1.29, 1.82) is 0 Å². The van der Waals surface area contributed by atoms with Gasteiger partial charge >= 0.3 is 6.09 Å². The lowest BCUT2D eigenvalue weighted by molar-refractivity contribution is 0.0935. The van der Waals surface area contributed by atoms with Crippen LogP contribution >= 0.6 is 0 Å². The predicted octanol–water partition coefficient (Wildman–Crippen LogP) is 1.13. The summed E-state index contributed by atoms with van der Waals surface area (Å²) < 4.78 is 5.38. The van der Waals surface area contributed by atoms with Crippen LogP contribution in [0.4, 0.5) is 10.7 Å². The van der Waals surface area contributed by atoms with Gasteiger partial charge in [0, 0.05) is 50.9 Å². The summed E-state index contributed by atoms with van der Waals surface area (Å²) in [5.74, 6) is 1.42. The van der Waals surface area contributed by atoms with Gasteiger partial charge in [0.05, 0.1) is 18.8 Å². The molecule has 0 bridgehead atoms. The van der Waals surface area contributed by atoms with Crippen LogP contribution in [0.3, 0.4) is 0 Å². The monoisotopic (exact) mass is 331 g/mol. The van der Waals surface area contributed by atoms with Crippen molar-refractivity contribution in [3.8, 4) is 0 Å². The molecule has 0 radical (unpaired) electrons. The number of hydrogen-bond donors (Lipinski definition) is 0. The summed E-state index contributed by atoms with van der Waals surface area (Å²) in [5.41, 5.74) is 2.12. The molecule has 0 unspecified atom stereocenters. The molecule has 130 valence electrons. The number of likely N-dealkylation sites (N-methyl/N-ethyl adjacent to an activating group) is 1. The predicted molar refractivity (Wildman–Crippen MR) is 89.9 cm³/mol. The summed E-state index contributed by atoms with van der Waals surface area (Å²) in [5, 5.41) is 0. The summed E-state index contributed by atoms with van der Waals surface area (Å²) in [7, 11) is 2.14. The maximum absolute atomic E-state index is 12.1. The van der Waals surface area contributed by atoms with Gasteiger partial charge in [-0.3, -0.25) is 0 Å². The fourth-order valence-electron chi connectivity index (χ4n) is 3.19. The van der Waals surface area contributed by atoms with Gasteiger partial charge in [-0.05, 0) is 25.8 Å². The maximum Gasteiger partial charge on any atom is 0.410 e. The second kappa shape index (κ2) is 6.55. The van der Waals surface area contributed by atoms with Crippen LogP contribution in [0.15, 0.2) is 6.20 Å². The van der Waals surface area contributed by atoms with E-state index in [0.717, 1.165) is 49.8 Å². The fourth-order valence-corrected chi connectivity index (χ4v) is 3.19. The first-order valence-corrected chi connectivity index (χ1v) is 8.89. The smallest absolute Gasteiger partial charge is 0.410 e. The Bertz CT molecular complexity index is 611. The minimum Gasteiger partial charge on any atom is -0.449 e. The Morgan fingerprint density at radius 1 is 1.25 bits per heavy atom. The van der Waals surface area contributed by atoms with Gasteiger partial charge in [-0.25, -0.2) is 14.8 Å². The van der Waals surface area contributed by atoms with Gasteiger partial charge in [-0.1, -0.05) is 0 Å². The normalized spacial score (nSPS) is 21.5. The van der Waals surface area contributed by atoms with Gasteiger partial charge in [0.15, 0.2) is 0 Å². The van der Waals surface area contributed by atoms with Crippen molar-refractivity contribution in [2.24, 2.45) is 5.92 Å². The molecule has 2 aliphatic heterocycles. The second-order valence-corrected chi connectivity index (χ2v) is 7.12. The van der Waals surface area contributed by atoms with E-state index in [9.17, 15) is 4.79 Å². The van der Waals surface area contributed by atoms with E-state index in [0.29, 0.717) is 25.6 Å². The number of carbonyl (C=O) groups excluding carboxylic acids is 1. The van der Waals surface area contributed by atoms with E-state index in [1.165, 1.54) is 12.8 Å². The molecule has 7 nitrogen and oxygen atoms in total. The Morgan fingerprint density at radius 3 is 2.79 bits per heavy atom. The summed E-state index contributed by atoms with van der Waals surface area (Å²) >= 11 is 0. The lowest BCUT2D eigenvalue weighted by Gasteiger charge is -2.33. The molecular formula is C17H25N5O2. The average molecular weight is 331 g/mol. The largest absolute Gasteiger partial charge is 0.449 e. The van der Waals surface area contributed by atoms with E-state index in [-0.39, 0.29) is 6.09 Å². The number of rotatable bonds is 3. The number of hydrogen-bond acceptors (Lipinski definition) is 6. The molecule has 1 aliphatic carbocycles. The molecular weight excluding hydrogens is 306 g/mol.